The van der Waals surface area contributed by atoms with E-state index in [0.717, 1.165) is 29.7 Å². The van der Waals surface area contributed by atoms with Crippen LogP contribution in [0.2, 0.25) is 0 Å². The number of rotatable bonds is 8. The summed E-state index contributed by atoms with van der Waals surface area (Å²) >= 11 is 0. The Kier molecular flexibility index (Phi) is 8.55. The second-order valence-corrected chi connectivity index (χ2v) is 6.20. The van der Waals surface area contributed by atoms with Gasteiger partial charge in [-0.3, -0.25) is 4.79 Å². The Morgan fingerprint density at radius 3 is 2.71 bits per heavy atom. The van der Waals surface area contributed by atoms with E-state index in [2.05, 4.69) is 37.4 Å². The molecule has 1 aromatic carbocycles. The first kappa shape index (κ1) is 19.7. The Labute approximate surface area is 145 Å². The molecular formula is C20H28N2O2. The molecular weight excluding hydrogens is 300 g/mol. The molecule has 130 valence electrons. The van der Waals surface area contributed by atoms with Gasteiger partial charge in [0.25, 0.3) is 5.91 Å². The molecule has 0 saturated carbocycles. The molecule has 24 heavy (non-hydrogen) atoms. The number of hydrogen-bond donors (Lipinski definition) is 1. The second-order valence-electron chi connectivity index (χ2n) is 6.20. The van der Waals surface area contributed by atoms with Crippen molar-refractivity contribution in [2.24, 2.45) is 5.10 Å². The van der Waals surface area contributed by atoms with E-state index in [1.807, 2.05) is 38.1 Å². The fraction of sp³-hybridized carbons (Fsp3) is 0.400. The molecule has 0 bridgehead atoms. The third kappa shape index (κ3) is 8.32. The first-order chi connectivity index (χ1) is 11.4. The predicted molar refractivity (Wildman–Crippen MR) is 100 cm³/mol. The molecule has 1 rings (SSSR count). The number of allylic oxidation sites excluding steroid dienone is 4. The van der Waals surface area contributed by atoms with Gasteiger partial charge in [0, 0.05) is 6.21 Å². The zero-order chi connectivity index (χ0) is 17.9. The monoisotopic (exact) mass is 328 g/mol. The van der Waals surface area contributed by atoms with E-state index < -0.39 is 0 Å². The summed E-state index contributed by atoms with van der Waals surface area (Å²) in [7, 11) is 0. The standard InChI is InChI=1S/C20H28N2O2/c1-15(2)7-6-8-16(3)11-12-21-22-20(23)14-24-19-13-17(4)9-10-18(19)5/h7,9-13H,6,8,14H2,1-5H3,(H,22,23). The van der Waals surface area contributed by atoms with E-state index in [1.165, 1.54) is 11.1 Å². The molecule has 1 amide bonds. The molecule has 0 fully saturated rings. The summed E-state index contributed by atoms with van der Waals surface area (Å²) in [5, 5.41) is 3.91. The molecule has 0 saturated heterocycles. The highest BCUT2D eigenvalue weighted by molar-refractivity contribution is 5.79. The lowest BCUT2D eigenvalue weighted by atomic mass is 10.1. The predicted octanol–water partition coefficient (Wildman–Crippen LogP) is 4.48. The van der Waals surface area contributed by atoms with Crippen molar-refractivity contribution in [2.75, 3.05) is 6.61 Å². The maximum Gasteiger partial charge on any atom is 0.277 e. The molecule has 1 aromatic rings. The Hall–Kier alpha value is -2.36. The van der Waals surface area contributed by atoms with E-state index in [9.17, 15) is 4.79 Å². The van der Waals surface area contributed by atoms with Crippen molar-refractivity contribution in [3.63, 3.8) is 0 Å². The lowest BCUT2D eigenvalue weighted by Gasteiger charge is -2.08. The topological polar surface area (TPSA) is 50.7 Å². The highest BCUT2D eigenvalue weighted by Gasteiger charge is 2.04. The number of benzene rings is 1. The average Bonchev–Trinajstić information content (AvgIpc) is 2.52. The Balaban J connectivity index is 2.35. The number of aryl methyl sites for hydroxylation is 2. The highest BCUT2D eigenvalue weighted by Crippen LogP contribution is 2.18. The van der Waals surface area contributed by atoms with Gasteiger partial charge < -0.3 is 4.74 Å². The minimum absolute atomic E-state index is 0.0507. The molecule has 0 atom stereocenters. The van der Waals surface area contributed by atoms with Crippen molar-refractivity contribution in [2.45, 2.75) is 47.5 Å². The van der Waals surface area contributed by atoms with Crippen LogP contribution in [0.4, 0.5) is 0 Å². The number of ether oxygens (including phenoxy) is 1. The van der Waals surface area contributed by atoms with Crippen molar-refractivity contribution in [3.8, 4) is 5.75 Å². The molecule has 0 aliphatic carbocycles. The molecule has 0 unspecified atom stereocenters. The molecule has 4 nitrogen and oxygen atoms in total. The molecule has 4 heteroatoms. The van der Waals surface area contributed by atoms with Gasteiger partial charge in [-0.15, -0.1) is 0 Å². The summed E-state index contributed by atoms with van der Waals surface area (Å²) in [6.07, 6.45) is 7.73. The van der Waals surface area contributed by atoms with Crippen molar-refractivity contribution in [1.29, 1.82) is 0 Å². The number of nitrogens with zero attached hydrogens (tertiary/aromatic N) is 1. The van der Waals surface area contributed by atoms with Crippen LogP contribution < -0.4 is 10.2 Å². The van der Waals surface area contributed by atoms with E-state index in [4.69, 9.17) is 4.74 Å². The van der Waals surface area contributed by atoms with Gasteiger partial charge in [-0.05, 0) is 70.7 Å². The molecule has 0 heterocycles. The van der Waals surface area contributed by atoms with Gasteiger partial charge in [-0.2, -0.15) is 5.10 Å². The first-order valence-corrected chi connectivity index (χ1v) is 8.19. The lowest BCUT2D eigenvalue weighted by Crippen LogP contribution is -2.24. The fourth-order valence-electron chi connectivity index (χ4n) is 1.98. The van der Waals surface area contributed by atoms with Crippen LogP contribution in [0.3, 0.4) is 0 Å². The molecule has 0 aliphatic heterocycles. The largest absolute Gasteiger partial charge is 0.483 e. The third-order valence-electron chi connectivity index (χ3n) is 3.42. The maximum atomic E-state index is 11.7. The first-order valence-electron chi connectivity index (χ1n) is 8.19. The lowest BCUT2D eigenvalue weighted by molar-refractivity contribution is -0.123. The van der Waals surface area contributed by atoms with Crippen molar-refractivity contribution in [3.05, 3.63) is 52.6 Å². The van der Waals surface area contributed by atoms with Gasteiger partial charge in [0.15, 0.2) is 6.61 Å². The zero-order valence-electron chi connectivity index (χ0n) is 15.3. The van der Waals surface area contributed by atoms with Crippen molar-refractivity contribution in [1.82, 2.24) is 5.43 Å². The van der Waals surface area contributed by atoms with E-state index in [-0.39, 0.29) is 12.5 Å². The zero-order valence-corrected chi connectivity index (χ0v) is 15.3. The van der Waals surface area contributed by atoms with Gasteiger partial charge in [-0.25, -0.2) is 5.43 Å². The van der Waals surface area contributed by atoms with Crippen LogP contribution >= 0.6 is 0 Å². The van der Waals surface area contributed by atoms with Crippen LogP contribution in [0, 0.1) is 13.8 Å². The van der Waals surface area contributed by atoms with E-state index in [0.29, 0.717) is 0 Å². The Bertz CT molecular complexity index is 639. The van der Waals surface area contributed by atoms with Gasteiger partial charge in [0.2, 0.25) is 0 Å². The van der Waals surface area contributed by atoms with Gasteiger partial charge in [0.1, 0.15) is 5.75 Å². The van der Waals surface area contributed by atoms with Gasteiger partial charge in [0.05, 0.1) is 0 Å². The molecule has 0 aliphatic rings. The fourth-order valence-corrected chi connectivity index (χ4v) is 1.98. The SMILES string of the molecule is CC(C)=CCCC(C)=CC=NNC(=O)COc1cc(C)ccc1C. The summed E-state index contributed by atoms with van der Waals surface area (Å²) in [5.74, 6) is 0.451. The van der Waals surface area contributed by atoms with E-state index >= 15 is 0 Å². The minimum Gasteiger partial charge on any atom is -0.483 e. The quantitative estimate of drug-likeness (QED) is 0.434. The Morgan fingerprint density at radius 1 is 1.25 bits per heavy atom. The Morgan fingerprint density at radius 2 is 2.00 bits per heavy atom. The number of carbonyl (C=O) groups is 1. The molecule has 0 spiro atoms. The minimum atomic E-state index is -0.275. The third-order valence-corrected chi connectivity index (χ3v) is 3.42. The number of nitrogens with one attached hydrogen (secondary N) is 1. The summed E-state index contributed by atoms with van der Waals surface area (Å²) < 4.78 is 5.53. The van der Waals surface area contributed by atoms with Crippen molar-refractivity contribution < 1.29 is 9.53 Å². The molecule has 0 aromatic heterocycles. The smallest absolute Gasteiger partial charge is 0.277 e. The summed E-state index contributed by atoms with van der Waals surface area (Å²) in [4.78, 5) is 11.7. The second kappa shape index (κ2) is 10.4. The summed E-state index contributed by atoms with van der Waals surface area (Å²) in [5.41, 5.74) is 7.12. The van der Waals surface area contributed by atoms with Crippen LogP contribution in [-0.2, 0) is 4.79 Å². The van der Waals surface area contributed by atoms with Crippen LogP contribution in [-0.4, -0.2) is 18.7 Å². The number of hydrazone groups is 1. The molecule has 0 radical (unpaired) electrons. The van der Waals surface area contributed by atoms with E-state index in [1.54, 1.807) is 6.21 Å². The summed E-state index contributed by atoms with van der Waals surface area (Å²) in [6, 6.07) is 5.91. The number of carbonyl (C=O) groups excluding carboxylic acids is 1. The van der Waals surface area contributed by atoms with Crippen LogP contribution in [0.15, 0.2) is 46.6 Å². The van der Waals surface area contributed by atoms with Gasteiger partial charge >= 0.3 is 0 Å². The normalized spacial score (nSPS) is 11.5. The highest BCUT2D eigenvalue weighted by atomic mass is 16.5. The van der Waals surface area contributed by atoms with Crippen LogP contribution in [0.25, 0.3) is 0 Å². The number of amides is 1. The molecule has 1 N–H and O–H groups in total. The van der Waals surface area contributed by atoms with Gasteiger partial charge in [-0.1, -0.05) is 29.4 Å². The summed E-state index contributed by atoms with van der Waals surface area (Å²) in [6.45, 7) is 10.1. The van der Waals surface area contributed by atoms with Crippen LogP contribution in [0.1, 0.15) is 44.7 Å². The van der Waals surface area contributed by atoms with Crippen LogP contribution in [0.5, 0.6) is 5.75 Å². The van der Waals surface area contributed by atoms with Crippen molar-refractivity contribution >= 4 is 12.1 Å². The average molecular weight is 328 g/mol. The number of hydrogen-bond acceptors (Lipinski definition) is 3. The maximum absolute atomic E-state index is 11.7.